The highest BCUT2D eigenvalue weighted by Crippen LogP contribution is 2.14. The molecular weight excluding hydrogens is 1220 g/mol. The van der Waals surface area contributed by atoms with Crippen LogP contribution in [0.2, 0.25) is 0 Å². The fourth-order valence-corrected chi connectivity index (χ4v) is 10.6. The molecule has 0 saturated carbocycles. The van der Waals surface area contributed by atoms with E-state index in [9.17, 15) is 98.4 Å². The Bertz CT molecular complexity index is 2470. The molecular formula is C59H96N14O20. The molecule has 2 aliphatic heterocycles. The first-order valence-electron chi connectivity index (χ1n) is 31.0. The minimum Gasteiger partial charge on any atom is -0.480 e. The van der Waals surface area contributed by atoms with E-state index in [-0.39, 0.29) is 201 Å². The Morgan fingerprint density at radius 1 is 0.430 bits per heavy atom. The molecule has 2 fully saturated rings. The summed E-state index contributed by atoms with van der Waals surface area (Å²) in [4.78, 5) is 164. The van der Waals surface area contributed by atoms with E-state index in [0.717, 1.165) is 11.1 Å². The molecule has 2 atom stereocenters. The number of allylic oxidation sites excluding steroid dienone is 1. The number of benzene rings is 1. The molecule has 13 N–H and O–H groups in total. The number of hydrogen-bond donors (Lipinski definition) is 13. The van der Waals surface area contributed by atoms with Gasteiger partial charge >= 0.3 is 47.8 Å². The Morgan fingerprint density at radius 2 is 0.720 bits per heavy atom. The molecule has 34 nitrogen and oxygen atoms in total. The van der Waals surface area contributed by atoms with Crippen LogP contribution in [-0.2, 0) is 70.6 Å². The monoisotopic (exact) mass is 1320 g/mol. The van der Waals surface area contributed by atoms with Crippen LogP contribution in [0.1, 0.15) is 50.7 Å². The van der Waals surface area contributed by atoms with Crippen molar-refractivity contribution in [3.8, 4) is 0 Å². The molecule has 0 bridgehead atoms. The van der Waals surface area contributed by atoms with E-state index >= 15 is 0 Å². The molecule has 0 radical (unpaired) electrons. The van der Waals surface area contributed by atoms with Crippen LogP contribution in [0.5, 0.6) is 0 Å². The van der Waals surface area contributed by atoms with Gasteiger partial charge in [0.25, 0.3) is 5.91 Å². The summed E-state index contributed by atoms with van der Waals surface area (Å²) in [5, 5.41) is 92.8. The number of aliphatic carboxylic acids is 8. The average molecular weight is 1320 g/mol. The van der Waals surface area contributed by atoms with Gasteiger partial charge in [-0.05, 0) is 29.9 Å². The summed E-state index contributed by atoms with van der Waals surface area (Å²) in [5.74, 6) is -11.2. The topological polar surface area (TPSA) is 456 Å². The van der Waals surface area contributed by atoms with Crippen molar-refractivity contribution in [1.29, 1.82) is 0 Å². The number of nitrogens with one attached hydrogen (secondary N) is 5. The third kappa shape index (κ3) is 34.5. The number of carbonyl (C=O) groups excluding carboxylic acids is 4. The molecule has 2 aliphatic rings. The predicted molar refractivity (Wildman–Crippen MR) is 333 cm³/mol. The molecule has 93 heavy (non-hydrogen) atoms. The summed E-state index contributed by atoms with van der Waals surface area (Å²) in [5.41, 5.74) is 1.98. The fraction of sp³-hybridized carbons (Fsp3) is 0.661. The molecule has 4 amide bonds. The van der Waals surface area contributed by atoms with Crippen LogP contribution in [0.15, 0.2) is 36.0 Å². The number of carboxylic acids is 8. The highest BCUT2D eigenvalue weighted by Gasteiger charge is 2.31. The highest BCUT2D eigenvalue weighted by atomic mass is 16.4. The number of likely N-dealkylation sites (N-methyl/N-ethyl adjacent to an activating group) is 1. The maximum atomic E-state index is 13.6. The van der Waals surface area contributed by atoms with Crippen LogP contribution < -0.4 is 26.6 Å². The van der Waals surface area contributed by atoms with E-state index in [1.54, 1.807) is 75.4 Å². The average Bonchev–Trinajstić information content (AvgIpc) is 3.23. The lowest BCUT2D eigenvalue weighted by molar-refractivity contribution is -0.145. The molecule has 3 rings (SSSR count). The smallest absolute Gasteiger partial charge is 0.320 e. The van der Waals surface area contributed by atoms with E-state index < -0.39 is 104 Å². The van der Waals surface area contributed by atoms with Gasteiger partial charge < -0.3 is 67.4 Å². The Hall–Kier alpha value is -7.96. The molecule has 0 aromatic heterocycles. The van der Waals surface area contributed by atoms with Gasteiger partial charge in [-0.1, -0.05) is 44.2 Å². The SMILES string of the molecule is CN/C(=C/C(C)C)C(=O)NCc1ccc(CNC(=O)CN(CCNC(=O)CCC(C(=O)O)N2CCN(CC(=O)O)CCN(CC(=O)O)CCN(CC(=O)O)CC2)CCNC(=O)CCC(C(=O)O)N2CCN(CC(=O)O)CCN(CC(=O)O)CCN(CC(=O)O)CC2)cc1. The van der Waals surface area contributed by atoms with Crippen LogP contribution >= 0.6 is 0 Å². The van der Waals surface area contributed by atoms with Gasteiger partial charge in [-0.15, -0.1) is 0 Å². The lowest BCUT2D eigenvalue weighted by Gasteiger charge is -2.35. The largest absolute Gasteiger partial charge is 0.480 e. The third-order valence-corrected chi connectivity index (χ3v) is 15.5. The van der Waals surface area contributed by atoms with Crippen molar-refractivity contribution in [1.82, 2.24) is 70.7 Å². The first kappa shape index (κ1) is 79.3. The Balaban J connectivity index is 1.77. The zero-order valence-corrected chi connectivity index (χ0v) is 53.5. The van der Waals surface area contributed by atoms with E-state index in [1.165, 1.54) is 0 Å². The van der Waals surface area contributed by atoms with Crippen molar-refractivity contribution in [2.24, 2.45) is 5.92 Å². The standard InChI is InChI=1S/C59H96N14O20/c1-42(2)32-45(60-3)57(89)64-34-44-6-4-43(5-7-44)33-63-50(76)35-65(14-12-61-48(74)10-8-46(58(90)91)72-28-24-68(38-53(81)82)20-16-66(36-51(77)78)17-21-69(25-29-72)39-54(83)84)15-13-62-49(75)11-9-47(59(92)93)73-30-26-70(40-55(85)86)22-18-67(37-52(79)80)19-23-71(27-31-73)41-56(87)88/h4-7,32,42,46-47,60H,8-31,33-41H2,1-3H3,(H,61,74)(H,62,75)(H,63,76)(H,64,89)(H,77,78)(H,79,80)(H,81,82)(H,83,84)(H,85,86)(H,87,88)(H,90,91)(H,92,93)/b45-32+. The van der Waals surface area contributed by atoms with Gasteiger partial charge in [-0.2, -0.15) is 0 Å². The van der Waals surface area contributed by atoms with Crippen molar-refractivity contribution in [2.45, 2.75) is 64.7 Å². The zero-order valence-electron chi connectivity index (χ0n) is 53.5. The maximum absolute atomic E-state index is 13.6. The van der Waals surface area contributed by atoms with Crippen LogP contribution in [-0.4, -0.2) is 352 Å². The summed E-state index contributed by atoms with van der Waals surface area (Å²) in [6.45, 7) is 2.68. The van der Waals surface area contributed by atoms with E-state index in [4.69, 9.17) is 0 Å². The summed E-state index contributed by atoms with van der Waals surface area (Å²) in [6.07, 6.45) is 0.781. The molecule has 522 valence electrons. The maximum Gasteiger partial charge on any atom is 0.320 e. The number of amides is 4. The van der Waals surface area contributed by atoms with Gasteiger partial charge in [-0.25, -0.2) is 0 Å². The van der Waals surface area contributed by atoms with Crippen LogP contribution in [0, 0.1) is 5.92 Å². The highest BCUT2D eigenvalue weighted by molar-refractivity contribution is 5.92. The predicted octanol–water partition coefficient (Wildman–Crippen LogP) is -4.37. The molecule has 2 saturated heterocycles. The molecule has 0 spiro atoms. The summed E-state index contributed by atoms with van der Waals surface area (Å²) < 4.78 is 0. The van der Waals surface area contributed by atoms with Crippen molar-refractivity contribution >= 4 is 71.4 Å². The van der Waals surface area contributed by atoms with E-state index in [0.29, 0.717) is 5.70 Å². The Kier molecular flexibility index (Phi) is 36.7. The first-order valence-corrected chi connectivity index (χ1v) is 31.0. The molecule has 1 aromatic rings. The van der Waals surface area contributed by atoms with Crippen LogP contribution in [0.4, 0.5) is 0 Å². The van der Waals surface area contributed by atoms with E-state index in [2.05, 4.69) is 26.6 Å². The number of carbonyl (C=O) groups is 12. The minimum atomic E-state index is -1.29. The quantitative estimate of drug-likeness (QED) is 0.0280. The van der Waals surface area contributed by atoms with Gasteiger partial charge in [0, 0.05) is 164 Å². The molecule has 0 aliphatic carbocycles. The second-order valence-corrected chi connectivity index (χ2v) is 23.2. The molecule has 34 heteroatoms. The lowest BCUT2D eigenvalue weighted by Crippen LogP contribution is -2.52. The zero-order chi connectivity index (χ0) is 69.0. The number of carboxylic acid groups (broad SMARTS) is 8. The van der Waals surface area contributed by atoms with Gasteiger partial charge in [0.1, 0.15) is 12.1 Å². The normalized spacial score (nSPS) is 17.3. The van der Waals surface area contributed by atoms with Crippen LogP contribution in [0.3, 0.4) is 0 Å². The van der Waals surface area contributed by atoms with Crippen molar-refractivity contribution in [3.05, 3.63) is 47.2 Å². The number of rotatable bonds is 37. The van der Waals surface area contributed by atoms with Gasteiger partial charge in [-0.3, -0.25) is 102 Å². The van der Waals surface area contributed by atoms with Gasteiger partial charge in [0.2, 0.25) is 17.7 Å². The second kappa shape index (κ2) is 43.0. The van der Waals surface area contributed by atoms with Gasteiger partial charge in [0.15, 0.2) is 0 Å². The molecule has 2 heterocycles. The fourth-order valence-electron chi connectivity index (χ4n) is 10.6. The summed E-state index contributed by atoms with van der Waals surface area (Å²) in [7, 11) is 1.66. The summed E-state index contributed by atoms with van der Waals surface area (Å²) >= 11 is 0. The van der Waals surface area contributed by atoms with Crippen molar-refractivity contribution in [3.63, 3.8) is 0 Å². The third-order valence-electron chi connectivity index (χ3n) is 15.5. The Morgan fingerprint density at radius 3 is 0.989 bits per heavy atom. The van der Waals surface area contributed by atoms with E-state index in [1.807, 2.05) is 19.9 Å². The molecule has 1 aromatic carbocycles. The van der Waals surface area contributed by atoms with Crippen molar-refractivity contribution < 1.29 is 98.4 Å². The van der Waals surface area contributed by atoms with Crippen LogP contribution in [0.25, 0.3) is 0 Å². The summed E-state index contributed by atoms with van der Waals surface area (Å²) in [6, 6.07) is 4.63. The Labute approximate surface area is 540 Å². The second-order valence-electron chi connectivity index (χ2n) is 23.2. The lowest BCUT2D eigenvalue weighted by atomic mass is 10.1. The number of hydrogen-bond acceptors (Lipinski definition) is 22. The number of nitrogens with zero attached hydrogens (tertiary/aromatic N) is 9. The van der Waals surface area contributed by atoms with Gasteiger partial charge in [0.05, 0.1) is 51.5 Å². The van der Waals surface area contributed by atoms with Crippen molar-refractivity contribution in [2.75, 3.05) is 184 Å². The first-order chi connectivity index (χ1) is 44.1. The molecule has 2 unspecified atom stereocenters. The minimum absolute atomic E-state index is 0.000532.